The number of hydrogen-bond acceptors (Lipinski definition) is 5. The van der Waals surface area contributed by atoms with E-state index in [-0.39, 0.29) is 23.1 Å². The molecule has 134 valence electrons. The number of carbonyl (C=O) groups is 2. The van der Waals surface area contributed by atoms with Crippen molar-refractivity contribution in [2.75, 3.05) is 20.2 Å². The first-order valence-corrected chi connectivity index (χ1v) is 7.92. The molecule has 7 heteroatoms. The zero-order valence-electron chi connectivity index (χ0n) is 14.8. The molecule has 0 aliphatic carbocycles. The molecule has 1 aliphatic rings. The molecule has 0 N–H and O–H groups in total. The van der Waals surface area contributed by atoms with E-state index in [1.807, 2.05) is 0 Å². The molecule has 1 aromatic heterocycles. The van der Waals surface area contributed by atoms with Crippen LogP contribution in [-0.2, 0) is 9.47 Å². The van der Waals surface area contributed by atoms with Gasteiger partial charge in [0.2, 0.25) is 0 Å². The molecule has 1 fully saturated rings. The van der Waals surface area contributed by atoms with Crippen LogP contribution in [0.2, 0.25) is 0 Å². The third-order valence-corrected chi connectivity index (χ3v) is 3.55. The molecule has 1 atom stereocenters. The van der Waals surface area contributed by atoms with E-state index in [1.54, 1.807) is 25.7 Å². The van der Waals surface area contributed by atoms with Crippen molar-refractivity contribution in [2.45, 2.75) is 32.8 Å². The second-order valence-electron chi connectivity index (χ2n) is 6.72. The number of halogens is 1. The Morgan fingerprint density at radius 1 is 1.36 bits per heavy atom. The summed E-state index contributed by atoms with van der Waals surface area (Å²) in [6.45, 7) is 6.34. The third kappa shape index (κ3) is 4.92. The second kappa shape index (κ2) is 7.51. The van der Waals surface area contributed by atoms with Crippen LogP contribution in [0.3, 0.4) is 0 Å². The van der Waals surface area contributed by atoms with E-state index in [0.717, 1.165) is 6.20 Å². The van der Waals surface area contributed by atoms with Gasteiger partial charge >= 0.3 is 12.1 Å². The van der Waals surface area contributed by atoms with Crippen LogP contribution >= 0.6 is 0 Å². The van der Waals surface area contributed by atoms with Crippen molar-refractivity contribution in [3.63, 3.8) is 0 Å². The average molecular weight is 348 g/mol. The van der Waals surface area contributed by atoms with Crippen molar-refractivity contribution < 1.29 is 23.5 Å². The Kier molecular flexibility index (Phi) is 5.62. The summed E-state index contributed by atoms with van der Waals surface area (Å²) in [4.78, 5) is 29.0. The highest BCUT2D eigenvalue weighted by Gasteiger charge is 2.29. The number of amides is 1. The van der Waals surface area contributed by atoms with Crippen LogP contribution < -0.4 is 0 Å². The van der Waals surface area contributed by atoms with Gasteiger partial charge in [-0.25, -0.2) is 14.0 Å². The fourth-order valence-corrected chi connectivity index (χ4v) is 2.37. The zero-order chi connectivity index (χ0) is 18.6. The summed E-state index contributed by atoms with van der Waals surface area (Å²) in [6, 6.07) is 0. The van der Waals surface area contributed by atoms with Gasteiger partial charge in [0.25, 0.3) is 0 Å². The van der Waals surface area contributed by atoms with Crippen LogP contribution in [0.25, 0.3) is 0 Å². The lowest BCUT2D eigenvalue weighted by atomic mass is 10.1. The minimum atomic E-state index is -0.696. The van der Waals surface area contributed by atoms with Crippen molar-refractivity contribution in [1.82, 2.24) is 9.88 Å². The lowest BCUT2D eigenvalue weighted by molar-refractivity contribution is 0.0291. The highest BCUT2D eigenvalue weighted by atomic mass is 19.1. The number of methoxy groups -OCH3 is 1. The first-order valence-electron chi connectivity index (χ1n) is 7.92. The number of carbonyl (C=O) groups excluding carboxylic acids is 2. The predicted octanol–water partition coefficient (Wildman–Crippen LogP) is 2.62. The van der Waals surface area contributed by atoms with Gasteiger partial charge in [0, 0.05) is 25.2 Å². The van der Waals surface area contributed by atoms with Gasteiger partial charge in [0.05, 0.1) is 24.4 Å². The molecule has 0 spiro atoms. The Morgan fingerprint density at radius 2 is 2.08 bits per heavy atom. The van der Waals surface area contributed by atoms with Gasteiger partial charge in [-0.2, -0.15) is 0 Å². The Hall–Kier alpha value is -2.62. The SMILES string of the molecule is COC(=O)c1cncc(F)c1C#CC1CCN(C(=O)OC(C)(C)C)C1. The van der Waals surface area contributed by atoms with Crippen molar-refractivity contribution >= 4 is 12.1 Å². The smallest absolute Gasteiger partial charge is 0.410 e. The van der Waals surface area contributed by atoms with E-state index in [4.69, 9.17) is 4.74 Å². The topological polar surface area (TPSA) is 68.7 Å². The molecule has 1 amide bonds. The third-order valence-electron chi connectivity index (χ3n) is 3.55. The number of esters is 1. The van der Waals surface area contributed by atoms with Gasteiger partial charge in [-0.15, -0.1) is 0 Å². The second-order valence-corrected chi connectivity index (χ2v) is 6.72. The highest BCUT2D eigenvalue weighted by Crippen LogP contribution is 2.19. The van der Waals surface area contributed by atoms with Crippen molar-refractivity contribution in [2.24, 2.45) is 5.92 Å². The number of hydrogen-bond donors (Lipinski definition) is 0. The van der Waals surface area contributed by atoms with Crippen molar-refractivity contribution in [3.8, 4) is 11.8 Å². The average Bonchev–Trinajstić information content (AvgIpc) is 3.00. The molecule has 2 heterocycles. The molecule has 0 saturated carbocycles. The van der Waals surface area contributed by atoms with Gasteiger partial charge in [-0.05, 0) is 27.2 Å². The summed E-state index contributed by atoms with van der Waals surface area (Å²) in [6.07, 6.45) is 2.49. The van der Waals surface area contributed by atoms with Gasteiger partial charge in [-0.1, -0.05) is 11.8 Å². The van der Waals surface area contributed by atoms with Gasteiger partial charge in [0.1, 0.15) is 5.60 Å². The fourth-order valence-electron chi connectivity index (χ4n) is 2.37. The van der Waals surface area contributed by atoms with E-state index in [2.05, 4.69) is 21.6 Å². The molecule has 1 saturated heterocycles. The van der Waals surface area contributed by atoms with Crippen molar-refractivity contribution in [1.29, 1.82) is 0 Å². The van der Waals surface area contributed by atoms with Crippen LogP contribution in [0.4, 0.5) is 9.18 Å². The number of pyridine rings is 1. The number of nitrogens with zero attached hydrogens (tertiary/aromatic N) is 2. The fraction of sp³-hybridized carbons (Fsp3) is 0.500. The van der Waals surface area contributed by atoms with E-state index in [0.29, 0.717) is 19.5 Å². The number of ether oxygens (including phenoxy) is 2. The maximum atomic E-state index is 14.0. The first-order chi connectivity index (χ1) is 11.7. The Balaban J connectivity index is 2.11. The molecule has 1 unspecified atom stereocenters. The molecule has 6 nitrogen and oxygen atoms in total. The van der Waals surface area contributed by atoms with Gasteiger partial charge < -0.3 is 14.4 Å². The van der Waals surface area contributed by atoms with E-state index in [9.17, 15) is 14.0 Å². The maximum absolute atomic E-state index is 14.0. The van der Waals surface area contributed by atoms with E-state index in [1.165, 1.54) is 13.3 Å². The molecule has 0 aromatic carbocycles. The molecule has 1 aromatic rings. The molecular formula is C18H21FN2O4. The van der Waals surface area contributed by atoms with Crippen LogP contribution in [0.15, 0.2) is 12.4 Å². The number of aromatic nitrogens is 1. The van der Waals surface area contributed by atoms with Gasteiger partial charge in [-0.3, -0.25) is 4.98 Å². The summed E-state index contributed by atoms with van der Waals surface area (Å²) in [7, 11) is 1.21. The predicted molar refractivity (Wildman–Crippen MR) is 88.3 cm³/mol. The lowest BCUT2D eigenvalue weighted by Crippen LogP contribution is -2.35. The summed E-state index contributed by atoms with van der Waals surface area (Å²) in [5, 5.41) is 0. The van der Waals surface area contributed by atoms with Gasteiger partial charge in [0.15, 0.2) is 5.82 Å². The summed E-state index contributed by atoms with van der Waals surface area (Å²) in [5.41, 5.74) is -0.620. The van der Waals surface area contributed by atoms with Crippen molar-refractivity contribution in [3.05, 3.63) is 29.3 Å². The quantitative estimate of drug-likeness (QED) is 0.576. The maximum Gasteiger partial charge on any atom is 0.410 e. The largest absolute Gasteiger partial charge is 0.465 e. The molecule has 2 rings (SSSR count). The summed E-state index contributed by atoms with van der Waals surface area (Å²) >= 11 is 0. The lowest BCUT2D eigenvalue weighted by Gasteiger charge is -2.24. The molecule has 1 aliphatic heterocycles. The monoisotopic (exact) mass is 348 g/mol. The molecule has 25 heavy (non-hydrogen) atoms. The Labute approximate surface area is 146 Å². The molecule has 0 bridgehead atoms. The zero-order valence-corrected chi connectivity index (χ0v) is 14.8. The minimum Gasteiger partial charge on any atom is -0.465 e. The Morgan fingerprint density at radius 3 is 2.72 bits per heavy atom. The summed E-state index contributed by atoms with van der Waals surface area (Å²) < 4.78 is 23.9. The number of rotatable bonds is 1. The first kappa shape index (κ1) is 18.7. The van der Waals surface area contributed by atoms with E-state index < -0.39 is 17.4 Å². The normalized spacial score (nSPS) is 16.8. The number of likely N-dealkylation sites (tertiary alicyclic amines) is 1. The van der Waals surface area contributed by atoms with Crippen LogP contribution in [0.1, 0.15) is 43.1 Å². The van der Waals surface area contributed by atoms with Crippen LogP contribution in [0.5, 0.6) is 0 Å². The van der Waals surface area contributed by atoms with Crippen LogP contribution in [-0.4, -0.2) is 47.7 Å². The molecule has 0 radical (unpaired) electrons. The minimum absolute atomic E-state index is 0.0167. The highest BCUT2D eigenvalue weighted by molar-refractivity contribution is 5.91. The van der Waals surface area contributed by atoms with Crippen LogP contribution in [0, 0.1) is 23.6 Å². The molecular weight excluding hydrogens is 327 g/mol. The van der Waals surface area contributed by atoms with E-state index >= 15 is 0 Å². The summed E-state index contributed by atoms with van der Waals surface area (Å²) in [5.74, 6) is 4.13. The Bertz CT molecular complexity index is 731. The standard InChI is InChI=1S/C18H21FN2O4/c1-18(2,3)25-17(23)21-8-7-12(11-21)5-6-13-14(16(22)24-4)9-20-10-15(13)19/h9-10,12H,7-8,11H2,1-4H3.